The summed E-state index contributed by atoms with van der Waals surface area (Å²) in [5.74, 6) is 1.33. The van der Waals surface area contributed by atoms with Crippen LogP contribution in [0.2, 0.25) is 0 Å². The molecule has 1 aromatic rings. The quantitative estimate of drug-likeness (QED) is 0.494. The van der Waals surface area contributed by atoms with Crippen LogP contribution in [0, 0.1) is 16.0 Å². The van der Waals surface area contributed by atoms with E-state index >= 15 is 0 Å². The summed E-state index contributed by atoms with van der Waals surface area (Å²) in [6, 6.07) is 0. The van der Waals surface area contributed by atoms with Crippen LogP contribution in [0.1, 0.15) is 19.8 Å². The topological polar surface area (TPSA) is 65.1 Å². The Bertz CT molecular complexity index is 490. The third kappa shape index (κ3) is 4.13. The minimum absolute atomic E-state index is 0.221. The zero-order valence-electron chi connectivity index (χ0n) is 10.0. The SMILES string of the molecule is CC(CCS)CCn1cc(Br)c(=O)c([N+](=O)[O-])c1. The Hall–Kier alpha value is -0.820. The van der Waals surface area contributed by atoms with Gasteiger partial charge in [-0.05, 0) is 40.4 Å². The summed E-state index contributed by atoms with van der Waals surface area (Å²) in [7, 11) is 0. The molecule has 0 bridgehead atoms. The van der Waals surface area contributed by atoms with Crippen molar-refractivity contribution in [3.05, 3.63) is 37.2 Å². The van der Waals surface area contributed by atoms with Gasteiger partial charge in [0.25, 0.3) is 5.43 Å². The van der Waals surface area contributed by atoms with Crippen LogP contribution in [0.25, 0.3) is 0 Å². The lowest BCUT2D eigenvalue weighted by atomic mass is 10.1. The maximum absolute atomic E-state index is 11.5. The van der Waals surface area contributed by atoms with Crippen molar-refractivity contribution in [3.8, 4) is 0 Å². The summed E-state index contributed by atoms with van der Waals surface area (Å²) in [6.45, 7) is 2.76. The molecule has 0 amide bonds. The van der Waals surface area contributed by atoms with E-state index in [1.54, 1.807) is 10.8 Å². The van der Waals surface area contributed by atoms with Gasteiger partial charge in [0.05, 0.1) is 15.6 Å². The molecule has 0 aliphatic rings. The number of thiol groups is 1. The van der Waals surface area contributed by atoms with Crippen LogP contribution in [-0.4, -0.2) is 15.2 Å². The Morgan fingerprint density at radius 3 is 2.72 bits per heavy atom. The first-order valence-corrected chi connectivity index (χ1v) is 7.03. The highest BCUT2D eigenvalue weighted by atomic mass is 79.9. The van der Waals surface area contributed by atoms with Crippen LogP contribution >= 0.6 is 28.6 Å². The lowest BCUT2D eigenvalue weighted by Gasteiger charge is -2.11. The molecule has 18 heavy (non-hydrogen) atoms. The highest BCUT2D eigenvalue weighted by molar-refractivity contribution is 9.10. The van der Waals surface area contributed by atoms with Crippen molar-refractivity contribution in [2.45, 2.75) is 26.3 Å². The maximum Gasteiger partial charge on any atom is 0.333 e. The van der Waals surface area contributed by atoms with Gasteiger partial charge in [-0.1, -0.05) is 6.92 Å². The Balaban J connectivity index is 2.85. The van der Waals surface area contributed by atoms with Crippen molar-refractivity contribution in [1.29, 1.82) is 0 Å². The van der Waals surface area contributed by atoms with Gasteiger partial charge in [0.2, 0.25) is 0 Å². The van der Waals surface area contributed by atoms with E-state index in [0.29, 0.717) is 12.5 Å². The lowest BCUT2D eigenvalue weighted by molar-refractivity contribution is -0.386. The average Bonchev–Trinajstić information content (AvgIpc) is 2.30. The summed E-state index contributed by atoms with van der Waals surface area (Å²) >= 11 is 7.22. The van der Waals surface area contributed by atoms with Gasteiger partial charge in [-0.3, -0.25) is 14.9 Å². The lowest BCUT2D eigenvalue weighted by Crippen LogP contribution is -2.14. The summed E-state index contributed by atoms with van der Waals surface area (Å²) in [6.07, 6.45) is 4.78. The van der Waals surface area contributed by atoms with E-state index in [1.165, 1.54) is 6.20 Å². The molecule has 0 saturated heterocycles. The van der Waals surface area contributed by atoms with Crippen LogP contribution < -0.4 is 5.43 Å². The predicted molar refractivity (Wildman–Crippen MR) is 77.3 cm³/mol. The number of hydrogen-bond acceptors (Lipinski definition) is 4. The molecule has 0 fully saturated rings. The van der Waals surface area contributed by atoms with E-state index in [2.05, 4.69) is 35.5 Å². The first-order chi connectivity index (χ1) is 8.45. The standard InChI is InChI=1S/C11H15BrN2O3S/c1-8(3-5-18)2-4-13-6-9(12)11(15)10(7-13)14(16)17/h6-8,18H,2-5H2,1H3. The highest BCUT2D eigenvalue weighted by Crippen LogP contribution is 2.14. The smallest absolute Gasteiger partial charge is 0.333 e. The fraction of sp³-hybridized carbons (Fsp3) is 0.545. The molecule has 0 spiro atoms. The second-order valence-electron chi connectivity index (χ2n) is 4.22. The first-order valence-electron chi connectivity index (χ1n) is 5.60. The Morgan fingerprint density at radius 1 is 1.50 bits per heavy atom. The zero-order valence-corrected chi connectivity index (χ0v) is 12.5. The van der Waals surface area contributed by atoms with Gasteiger partial charge in [-0.15, -0.1) is 0 Å². The van der Waals surface area contributed by atoms with Crippen molar-refractivity contribution in [2.75, 3.05) is 5.75 Å². The van der Waals surface area contributed by atoms with E-state index in [0.717, 1.165) is 18.6 Å². The molecular weight excluding hydrogens is 320 g/mol. The molecule has 0 aromatic carbocycles. The third-order valence-corrected chi connectivity index (χ3v) is 3.54. The molecule has 100 valence electrons. The number of hydrogen-bond donors (Lipinski definition) is 1. The van der Waals surface area contributed by atoms with E-state index < -0.39 is 16.0 Å². The summed E-state index contributed by atoms with van der Waals surface area (Å²) in [4.78, 5) is 21.6. The second kappa shape index (κ2) is 6.94. The van der Waals surface area contributed by atoms with Crippen molar-refractivity contribution < 1.29 is 4.92 Å². The average molecular weight is 335 g/mol. The van der Waals surface area contributed by atoms with Crippen molar-refractivity contribution in [3.63, 3.8) is 0 Å². The van der Waals surface area contributed by atoms with Crippen molar-refractivity contribution in [1.82, 2.24) is 4.57 Å². The Morgan fingerprint density at radius 2 is 2.17 bits per heavy atom. The molecule has 1 rings (SSSR count). The predicted octanol–water partition coefficient (Wildman–Crippen LogP) is 2.87. The molecule has 1 unspecified atom stereocenters. The van der Waals surface area contributed by atoms with Crippen LogP contribution in [-0.2, 0) is 6.54 Å². The highest BCUT2D eigenvalue weighted by Gasteiger charge is 2.15. The number of aryl methyl sites for hydroxylation is 1. The largest absolute Gasteiger partial charge is 0.347 e. The summed E-state index contributed by atoms with van der Waals surface area (Å²) in [5, 5.41) is 10.7. The van der Waals surface area contributed by atoms with Crippen LogP contribution in [0.4, 0.5) is 5.69 Å². The molecule has 0 aliphatic carbocycles. The molecule has 5 nitrogen and oxygen atoms in total. The molecule has 0 saturated carbocycles. The van der Waals surface area contributed by atoms with Crippen LogP contribution in [0.5, 0.6) is 0 Å². The first kappa shape index (κ1) is 15.2. The van der Waals surface area contributed by atoms with Gasteiger partial charge in [0.1, 0.15) is 0 Å². The Labute approximate surface area is 119 Å². The summed E-state index contributed by atoms with van der Waals surface area (Å²) < 4.78 is 1.90. The number of nitrogens with zero attached hydrogens (tertiary/aromatic N) is 2. The van der Waals surface area contributed by atoms with Gasteiger partial charge in [0.15, 0.2) is 0 Å². The molecule has 1 atom stereocenters. The molecule has 1 heterocycles. The fourth-order valence-electron chi connectivity index (χ4n) is 1.57. The Kier molecular flexibility index (Phi) is 5.87. The number of pyridine rings is 1. The molecule has 0 N–H and O–H groups in total. The van der Waals surface area contributed by atoms with Gasteiger partial charge in [0, 0.05) is 12.7 Å². The molecular formula is C11H15BrN2O3S. The van der Waals surface area contributed by atoms with E-state index in [1.807, 2.05) is 0 Å². The van der Waals surface area contributed by atoms with Crippen LogP contribution in [0.3, 0.4) is 0 Å². The number of nitro groups is 1. The number of aromatic nitrogens is 1. The van der Waals surface area contributed by atoms with Gasteiger partial charge < -0.3 is 4.57 Å². The fourth-order valence-corrected chi connectivity index (χ4v) is 2.48. The normalized spacial score (nSPS) is 12.4. The van der Waals surface area contributed by atoms with Crippen molar-refractivity contribution >= 4 is 34.2 Å². The maximum atomic E-state index is 11.5. The minimum atomic E-state index is -0.652. The van der Waals surface area contributed by atoms with E-state index in [-0.39, 0.29) is 4.47 Å². The summed E-state index contributed by atoms with van der Waals surface area (Å²) in [5.41, 5.74) is -0.981. The number of rotatable bonds is 6. The number of halogens is 1. The molecule has 0 aliphatic heterocycles. The third-order valence-electron chi connectivity index (χ3n) is 2.72. The molecule has 0 radical (unpaired) electrons. The molecule has 7 heteroatoms. The second-order valence-corrected chi connectivity index (χ2v) is 5.52. The van der Waals surface area contributed by atoms with Crippen molar-refractivity contribution in [2.24, 2.45) is 5.92 Å². The van der Waals surface area contributed by atoms with Gasteiger partial charge in [-0.25, -0.2) is 0 Å². The van der Waals surface area contributed by atoms with Gasteiger partial charge in [-0.2, -0.15) is 12.6 Å². The van der Waals surface area contributed by atoms with E-state index in [4.69, 9.17) is 0 Å². The zero-order chi connectivity index (χ0) is 13.7. The molecule has 1 aromatic heterocycles. The van der Waals surface area contributed by atoms with Crippen LogP contribution in [0.15, 0.2) is 21.7 Å². The van der Waals surface area contributed by atoms with E-state index in [9.17, 15) is 14.9 Å². The monoisotopic (exact) mass is 334 g/mol. The van der Waals surface area contributed by atoms with Gasteiger partial charge >= 0.3 is 5.69 Å². The minimum Gasteiger partial charge on any atom is -0.347 e.